The molecule has 10 heteroatoms. The number of carbonyl (C=O) groups excluding carboxylic acids is 1. The molecule has 1 saturated heterocycles. The van der Waals surface area contributed by atoms with Crippen molar-refractivity contribution in [1.82, 2.24) is 25.2 Å². The molecule has 0 radical (unpaired) electrons. The number of hydrogen-bond donors (Lipinski definition) is 2. The zero-order chi connectivity index (χ0) is 26.8. The van der Waals surface area contributed by atoms with Gasteiger partial charge < -0.3 is 15.5 Å². The second-order valence-electron chi connectivity index (χ2n) is 10.9. The average Bonchev–Trinajstić information content (AvgIpc) is 3.29. The number of hydrogen-bond acceptors (Lipinski definition) is 8. The number of nitrogens with zero attached hydrogens (tertiary/aromatic N) is 4. The highest BCUT2D eigenvalue weighted by molar-refractivity contribution is 7.91. The molecule has 5 rings (SSSR count). The Morgan fingerprint density at radius 1 is 1.03 bits per heavy atom. The van der Waals surface area contributed by atoms with Crippen molar-refractivity contribution in [3.05, 3.63) is 55.0 Å². The van der Waals surface area contributed by atoms with Crippen molar-refractivity contribution in [3.8, 4) is 0 Å². The third kappa shape index (κ3) is 5.51. The van der Waals surface area contributed by atoms with Crippen LogP contribution >= 0.6 is 0 Å². The molecule has 0 spiro atoms. The topological polar surface area (TPSA) is 117 Å². The second-order valence-corrected chi connectivity index (χ2v) is 12.9. The first-order valence-electron chi connectivity index (χ1n) is 13.4. The number of amides is 1. The molecule has 0 unspecified atom stereocenters. The Labute approximate surface area is 224 Å². The molecule has 1 amide bonds. The fourth-order valence-electron chi connectivity index (χ4n) is 5.78. The Bertz CT molecular complexity index is 1370. The Kier molecular flexibility index (Phi) is 7.63. The van der Waals surface area contributed by atoms with E-state index in [9.17, 15) is 13.2 Å². The van der Waals surface area contributed by atoms with Gasteiger partial charge in [0.05, 0.1) is 21.6 Å². The summed E-state index contributed by atoms with van der Waals surface area (Å²) in [5.74, 6) is 0.966. The number of nitrogens with one attached hydrogen (secondary N) is 2. The van der Waals surface area contributed by atoms with Gasteiger partial charge in [-0.05, 0) is 68.8 Å². The summed E-state index contributed by atoms with van der Waals surface area (Å²) < 4.78 is 27.2. The van der Waals surface area contributed by atoms with Crippen molar-refractivity contribution < 1.29 is 13.2 Å². The van der Waals surface area contributed by atoms with E-state index in [0.717, 1.165) is 24.8 Å². The Balaban J connectivity index is 1.39. The number of rotatable bonds is 9. The fraction of sp³-hybridized carbons (Fsp3) is 0.500. The summed E-state index contributed by atoms with van der Waals surface area (Å²) in [6.07, 6.45) is 6.65. The van der Waals surface area contributed by atoms with Gasteiger partial charge in [0.2, 0.25) is 5.91 Å². The second kappa shape index (κ2) is 10.9. The van der Waals surface area contributed by atoms with Crippen LogP contribution in [0.3, 0.4) is 0 Å². The third-order valence-electron chi connectivity index (χ3n) is 7.79. The molecule has 2 aliphatic rings. The van der Waals surface area contributed by atoms with Gasteiger partial charge in [0, 0.05) is 18.8 Å². The van der Waals surface area contributed by atoms with Crippen molar-refractivity contribution in [2.45, 2.75) is 68.5 Å². The third-order valence-corrected chi connectivity index (χ3v) is 9.70. The lowest BCUT2D eigenvalue weighted by atomic mass is 9.79. The molecule has 38 heavy (non-hydrogen) atoms. The first-order chi connectivity index (χ1) is 18.3. The highest BCUT2D eigenvalue weighted by atomic mass is 32.2. The van der Waals surface area contributed by atoms with Crippen molar-refractivity contribution >= 4 is 32.6 Å². The van der Waals surface area contributed by atoms with Crippen molar-refractivity contribution in [3.63, 3.8) is 0 Å². The lowest BCUT2D eigenvalue weighted by Crippen LogP contribution is -2.58. The largest absolute Gasteiger partial charge is 0.358 e. The van der Waals surface area contributed by atoms with E-state index in [-0.39, 0.29) is 11.7 Å². The van der Waals surface area contributed by atoms with E-state index in [4.69, 9.17) is 0 Å². The number of fused-ring (bicyclic) bond motifs is 1. The van der Waals surface area contributed by atoms with Gasteiger partial charge in [-0.25, -0.2) is 23.4 Å². The maximum atomic E-state index is 13.9. The molecule has 2 aromatic heterocycles. The summed E-state index contributed by atoms with van der Waals surface area (Å²) in [4.78, 5) is 28.9. The highest BCUT2D eigenvalue weighted by Gasteiger charge is 2.49. The summed E-state index contributed by atoms with van der Waals surface area (Å²) in [6.45, 7) is 5.79. The van der Waals surface area contributed by atoms with Gasteiger partial charge >= 0.3 is 0 Å². The quantitative estimate of drug-likeness (QED) is 0.427. The van der Waals surface area contributed by atoms with Gasteiger partial charge in [0.1, 0.15) is 18.2 Å². The van der Waals surface area contributed by atoms with E-state index in [0.29, 0.717) is 54.1 Å². The van der Waals surface area contributed by atoms with Crippen molar-refractivity contribution in [1.29, 1.82) is 0 Å². The summed E-state index contributed by atoms with van der Waals surface area (Å²) in [5.41, 5.74) is -0.182. The molecule has 0 bridgehead atoms. The molecule has 2 N–H and O–H groups in total. The first-order valence-corrected chi connectivity index (χ1v) is 15.1. The van der Waals surface area contributed by atoms with E-state index in [2.05, 4.69) is 39.4 Å². The van der Waals surface area contributed by atoms with Crippen LogP contribution < -0.4 is 10.6 Å². The van der Waals surface area contributed by atoms with Crippen LogP contribution in [0.25, 0.3) is 11.0 Å². The Hall–Kier alpha value is -3.11. The summed E-state index contributed by atoms with van der Waals surface area (Å²) in [6, 6.07) is 12.1. The molecule has 1 saturated carbocycles. The lowest BCUT2D eigenvalue weighted by Gasteiger charge is -2.46. The predicted octanol–water partition coefficient (Wildman–Crippen LogP) is 3.44. The predicted molar refractivity (Wildman–Crippen MR) is 147 cm³/mol. The van der Waals surface area contributed by atoms with Crippen LogP contribution in [-0.4, -0.2) is 70.6 Å². The number of likely N-dealkylation sites (tertiary alicyclic amines) is 1. The van der Waals surface area contributed by atoms with Crippen LogP contribution in [0.1, 0.15) is 46.0 Å². The van der Waals surface area contributed by atoms with E-state index >= 15 is 0 Å². The lowest BCUT2D eigenvalue weighted by molar-refractivity contribution is -0.134. The monoisotopic (exact) mass is 536 g/mol. The molecule has 1 atom stereocenters. The number of anilines is 1. The number of aromatic nitrogens is 3. The molecule has 9 nitrogen and oxygen atoms in total. The summed E-state index contributed by atoms with van der Waals surface area (Å²) in [7, 11) is -3.59. The summed E-state index contributed by atoms with van der Waals surface area (Å²) >= 11 is 0. The minimum Gasteiger partial charge on any atom is -0.358 e. The molecule has 1 aliphatic carbocycles. The number of sulfone groups is 1. The van der Waals surface area contributed by atoms with Gasteiger partial charge in [-0.15, -0.1) is 0 Å². The minimum atomic E-state index is -3.59. The van der Waals surface area contributed by atoms with Crippen LogP contribution in [0.2, 0.25) is 0 Å². The maximum Gasteiger partial charge on any atom is 0.245 e. The molecule has 1 aromatic carbocycles. The number of pyridine rings is 1. The van der Waals surface area contributed by atoms with Crippen LogP contribution in [-0.2, 0) is 14.6 Å². The van der Waals surface area contributed by atoms with Crippen molar-refractivity contribution in [2.75, 3.05) is 24.2 Å². The molecule has 2 fully saturated rings. The van der Waals surface area contributed by atoms with E-state index in [1.54, 1.807) is 30.5 Å². The van der Waals surface area contributed by atoms with Gasteiger partial charge in [-0.1, -0.05) is 32.0 Å². The van der Waals surface area contributed by atoms with Crippen LogP contribution in [0.15, 0.2) is 59.9 Å². The number of carbonyl (C=O) groups is 1. The first kappa shape index (κ1) is 26.5. The zero-order valence-electron chi connectivity index (χ0n) is 22.0. The minimum absolute atomic E-state index is 0.0697. The van der Waals surface area contributed by atoms with Gasteiger partial charge in [-0.3, -0.25) is 4.79 Å². The molecular weight excluding hydrogens is 500 g/mol. The van der Waals surface area contributed by atoms with E-state index in [1.807, 2.05) is 23.1 Å². The Morgan fingerprint density at radius 3 is 2.53 bits per heavy atom. The molecule has 202 valence electrons. The fourth-order valence-corrected chi connectivity index (χ4v) is 7.67. The summed E-state index contributed by atoms with van der Waals surface area (Å²) in [5, 5.41) is 7.69. The van der Waals surface area contributed by atoms with E-state index < -0.39 is 21.4 Å². The molecule has 3 aromatic rings. The average molecular weight is 537 g/mol. The SMILES string of the molecule is CC(C)CNC1CCC(CS(=O)(=O)c2ccccc2)(N2CC[C@H](Nc3ncnc4ncccc34)C2=O)CC1. The molecular formula is C28H36N6O3S. The smallest absolute Gasteiger partial charge is 0.245 e. The van der Waals surface area contributed by atoms with Crippen LogP contribution in [0.4, 0.5) is 5.82 Å². The van der Waals surface area contributed by atoms with Crippen LogP contribution in [0.5, 0.6) is 0 Å². The number of benzene rings is 1. The highest BCUT2D eigenvalue weighted by Crippen LogP contribution is 2.39. The maximum absolute atomic E-state index is 13.9. The van der Waals surface area contributed by atoms with Crippen LogP contribution in [0, 0.1) is 5.92 Å². The normalized spacial score (nSPS) is 24.3. The van der Waals surface area contributed by atoms with Crippen molar-refractivity contribution in [2.24, 2.45) is 5.92 Å². The Morgan fingerprint density at radius 2 is 1.79 bits per heavy atom. The standard InChI is InChI=1S/C28H36N6O3S/c1-20(2)17-30-21-10-13-28(14-11-21,18-38(36,37)22-7-4-3-5-8-22)34-16-12-24(27(34)35)33-26-23-9-6-15-29-25(23)31-19-32-26/h3-9,15,19-21,24,30H,10-14,16-18H2,1-2H3,(H,29,31,32,33)/t21?,24-,28?/m0/s1. The zero-order valence-corrected chi connectivity index (χ0v) is 22.8. The van der Waals surface area contributed by atoms with Gasteiger partial charge in [0.25, 0.3) is 0 Å². The molecule has 1 aliphatic heterocycles. The molecule has 3 heterocycles. The van der Waals surface area contributed by atoms with Gasteiger partial charge in [0.15, 0.2) is 15.5 Å². The van der Waals surface area contributed by atoms with Gasteiger partial charge in [-0.2, -0.15) is 0 Å². The van der Waals surface area contributed by atoms with E-state index in [1.165, 1.54) is 6.33 Å².